The number of aromatic hydroxyl groups is 1. The first-order chi connectivity index (χ1) is 12.4. The maximum Gasteiger partial charge on any atom is 0.348 e. The molecular weight excluding hydrogens is 358 g/mol. The summed E-state index contributed by atoms with van der Waals surface area (Å²) in [4.78, 5) is 32.7. The SMILES string of the molecule is CCOC(=O)c1sc2ncnc(Nc3ccc(O)c(C(=O)O)c3)c2c1C. The van der Waals surface area contributed by atoms with Gasteiger partial charge in [0.1, 0.15) is 33.2 Å². The molecule has 0 amide bonds. The summed E-state index contributed by atoms with van der Waals surface area (Å²) in [5, 5.41) is 22.4. The van der Waals surface area contributed by atoms with Gasteiger partial charge in [0.25, 0.3) is 0 Å². The van der Waals surface area contributed by atoms with E-state index in [0.29, 0.717) is 32.2 Å². The van der Waals surface area contributed by atoms with E-state index in [1.165, 1.54) is 35.9 Å². The average molecular weight is 373 g/mol. The molecular formula is C17H15N3O5S. The molecule has 2 heterocycles. The van der Waals surface area contributed by atoms with Crippen molar-refractivity contribution in [2.24, 2.45) is 0 Å². The lowest BCUT2D eigenvalue weighted by molar-refractivity contribution is 0.0531. The topological polar surface area (TPSA) is 122 Å². The van der Waals surface area contributed by atoms with Gasteiger partial charge in [0.15, 0.2) is 0 Å². The second kappa shape index (κ2) is 6.96. The van der Waals surface area contributed by atoms with Gasteiger partial charge in [-0.15, -0.1) is 11.3 Å². The zero-order valence-corrected chi connectivity index (χ0v) is 14.8. The first kappa shape index (κ1) is 17.6. The van der Waals surface area contributed by atoms with Crippen LogP contribution in [-0.2, 0) is 4.74 Å². The highest BCUT2D eigenvalue weighted by atomic mass is 32.1. The van der Waals surface area contributed by atoms with Gasteiger partial charge in [-0.3, -0.25) is 0 Å². The van der Waals surface area contributed by atoms with Crippen molar-refractivity contribution in [3.63, 3.8) is 0 Å². The van der Waals surface area contributed by atoms with Crippen LogP contribution in [0.1, 0.15) is 32.5 Å². The van der Waals surface area contributed by atoms with Crippen LogP contribution in [-0.4, -0.2) is 38.7 Å². The molecule has 0 saturated carbocycles. The number of nitrogens with one attached hydrogen (secondary N) is 1. The van der Waals surface area contributed by atoms with Crippen LogP contribution >= 0.6 is 11.3 Å². The molecule has 0 bridgehead atoms. The van der Waals surface area contributed by atoms with E-state index in [4.69, 9.17) is 9.84 Å². The summed E-state index contributed by atoms with van der Waals surface area (Å²) in [7, 11) is 0. The summed E-state index contributed by atoms with van der Waals surface area (Å²) in [6.45, 7) is 3.78. The Bertz CT molecular complexity index is 1020. The van der Waals surface area contributed by atoms with Gasteiger partial charge >= 0.3 is 11.9 Å². The number of fused-ring (bicyclic) bond motifs is 1. The highest BCUT2D eigenvalue weighted by Gasteiger charge is 2.20. The normalized spacial score (nSPS) is 10.7. The molecule has 0 aliphatic carbocycles. The molecule has 0 fully saturated rings. The molecule has 0 saturated heterocycles. The predicted octanol–water partition coefficient (Wildman–Crippen LogP) is 3.32. The number of anilines is 2. The molecule has 3 rings (SSSR count). The second-order valence-electron chi connectivity index (χ2n) is 5.34. The molecule has 0 unspecified atom stereocenters. The van der Waals surface area contributed by atoms with Crippen molar-refractivity contribution in [2.45, 2.75) is 13.8 Å². The smallest absolute Gasteiger partial charge is 0.348 e. The summed E-state index contributed by atoms with van der Waals surface area (Å²) >= 11 is 1.21. The number of aromatic nitrogens is 2. The Labute approximate surface area is 152 Å². The van der Waals surface area contributed by atoms with Crippen LogP contribution in [0.25, 0.3) is 10.2 Å². The van der Waals surface area contributed by atoms with Crippen molar-refractivity contribution >= 4 is 45.0 Å². The molecule has 9 heteroatoms. The second-order valence-corrected chi connectivity index (χ2v) is 6.34. The van der Waals surface area contributed by atoms with Crippen LogP contribution in [0, 0.1) is 6.92 Å². The van der Waals surface area contributed by atoms with Crippen molar-refractivity contribution in [2.75, 3.05) is 11.9 Å². The van der Waals surface area contributed by atoms with E-state index in [1.807, 2.05) is 0 Å². The fraction of sp³-hybridized carbons (Fsp3) is 0.176. The number of hydrogen-bond donors (Lipinski definition) is 3. The van der Waals surface area contributed by atoms with Crippen molar-refractivity contribution in [3.8, 4) is 5.75 Å². The summed E-state index contributed by atoms with van der Waals surface area (Å²) in [6, 6.07) is 4.12. The molecule has 2 aromatic heterocycles. The van der Waals surface area contributed by atoms with Gasteiger partial charge in [0, 0.05) is 5.69 Å². The standard InChI is InChI=1S/C17H15N3O5S/c1-3-25-17(24)13-8(2)12-14(18-7-19-15(12)26-13)20-9-4-5-11(21)10(6-9)16(22)23/h4-7,21H,3H2,1-2H3,(H,22,23)(H,18,19,20). The Morgan fingerprint density at radius 3 is 2.77 bits per heavy atom. The molecule has 26 heavy (non-hydrogen) atoms. The van der Waals surface area contributed by atoms with E-state index in [2.05, 4.69) is 15.3 Å². The molecule has 0 spiro atoms. The van der Waals surface area contributed by atoms with Gasteiger partial charge < -0.3 is 20.3 Å². The molecule has 0 aliphatic rings. The number of aromatic carboxylic acids is 1. The maximum absolute atomic E-state index is 12.1. The number of phenols is 1. The molecule has 0 aliphatic heterocycles. The van der Waals surface area contributed by atoms with E-state index in [9.17, 15) is 14.7 Å². The molecule has 0 atom stereocenters. The van der Waals surface area contributed by atoms with Gasteiger partial charge in [0.2, 0.25) is 0 Å². The Morgan fingerprint density at radius 2 is 2.08 bits per heavy atom. The fourth-order valence-electron chi connectivity index (χ4n) is 2.48. The van der Waals surface area contributed by atoms with Gasteiger partial charge in [-0.25, -0.2) is 19.6 Å². The predicted molar refractivity (Wildman–Crippen MR) is 96.5 cm³/mol. The lowest BCUT2D eigenvalue weighted by Crippen LogP contribution is -2.04. The molecule has 134 valence electrons. The third kappa shape index (κ3) is 3.16. The first-order valence-electron chi connectivity index (χ1n) is 7.67. The van der Waals surface area contributed by atoms with Crippen molar-refractivity contribution < 1.29 is 24.5 Å². The van der Waals surface area contributed by atoms with Gasteiger partial charge in [-0.1, -0.05) is 0 Å². The van der Waals surface area contributed by atoms with Crippen LogP contribution in [0.3, 0.4) is 0 Å². The summed E-state index contributed by atoms with van der Waals surface area (Å²) in [5.74, 6) is -1.56. The number of rotatable bonds is 5. The molecule has 3 aromatic rings. The Balaban J connectivity index is 2.05. The molecule has 3 N–H and O–H groups in total. The summed E-state index contributed by atoms with van der Waals surface area (Å²) < 4.78 is 5.06. The third-order valence-electron chi connectivity index (χ3n) is 3.68. The number of esters is 1. The quantitative estimate of drug-likeness (QED) is 0.460. The Kier molecular flexibility index (Phi) is 4.72. The van der Waals surface area contributed by atoms with Crippen molar-refractivity contribution in [3.05, 3.63) is 40.5 Å². The van der Waals surface area contributed by atoms with Crippen molar-refractivity contribution in [1.82, 2.24) is 9.97 Å². The number of carboxylic acids is 1. The zero-order chi connectivity index (χ0) is 18.8. The minimum absolute atomic E-state index is 0.227. The number of benzene rings is 1. The van der Waals surface area contributed by atoms with E-state index < -0.39 is 11.9 Å². The number of carbonyl (C=O) groups is 2. The van der Waals surface area contributed by atoms with Gasteiger partial charge in [-0.05, 0) is 37.6 Å². The lowest BCUT2D eigenvalue weighted by Gasteiger charge is -2.09. The van der Waals surface area contributed by atoms with Crippen LogP contribution < -0.4 is 5.32 Å². The first-order valence-corrected chi connectivity index (χ1v) is 8.48. The number of thiophene rings is 1. The Morgan fingerprint density at radius 1 is 1.31 bits per heavy atom. The summed E-state index contributed by atoms with van der Waals surface area (Å²) in [5.41, 5.74) is 0.891. The van der Waals surface area contributed by atoms with Crippen LogP contribution in [0.4, 0.5) is 11.5 Å². The number of carbonyl (C=O) groups excluding carboxylic acids is 1. The van der Waals surface area contributed by atoms with Crippen LogP contribution in [0.5, 0.6) is 5.75 Å². The van der Waals surface area contributed by atoms with E-state index in [0.717, 1.165) is 0 Å². The van der Waals surface area contributed by atoms with Gasteiger partial charge in [0.05, 0.1) is 12.0 Å². The number of hydrogen-bond acceptors (Lipinski definition) is 8. The minimum atomic E-state index is -1.24. The maximum atomic E-state index is 12.1. The zero-order valence-electron chi connectivity index (χ0n) is 13.9. The third-order valence-corrected chi connectivity index (χ3v) is 4.86. The van der Waals surface area contributed by atoms with E-state index >= 15 is 0 Å². The van der Waals surface area contributed by atoms with E-state index in [-0.39, 0.29) is 17.9 Å². The lowest BCUT2D eigenvalue weighted by atomic mass is 10.1. The summed E-state index contributed by atoms with van der Waals surface area (Å²) in [6.07, 6.45) is 1.36. The number of ether oxygens (including phenoxy) is 1. The Hall–Kier alpha value is -3.20. The van der Waals surface area contributed by atoms with Crippen LogP contribution in [0.15, 0.2) is 24.5 Å². The largest absolute Gasteiger partial charge is 0.507 e. The number of aryl methyl sites for hydroxylation is 1. The van der Waals surface area contributed by atoms with Crippen molar-refractivity contribution in [1.29, 1.82) is 0 Å². The monoisotopic (exact) mass is 373 g/mol. The van der Waals surface area contributed by atoms with Gasteiger partial charge in [-0.2, -0.15) is 0 Å². The number of carboxylic acid groups (broad SMARTS) is 1. The molecule has 0 radical (unpaired) electrons. The average Bonchev–Trinajstić information content (AvgIpc) is 2.94. The van der Waals surface area contributed by atoms with E-state index in [1.54, 1.807) is 13.8 Å². The highest BCUT2D eigenvalue weighted by molar-refractivity contribution is 7.20. The minimum Gasteiger partial charge on any atom is -0.507 e. The highest BCUT2D eigenvalue weighted by Crippen LogP contribution is 2.35. The molecule has 8 nitrogen and oxygen atoms in total. The van der Waals surface area contributed by atoms with Crippen LogP contribution in [0.2, 0.25) is 0 Å². The number of nitrogens with zero attached hydrogens (tertiary/aromatic N) is 2. The fourth-order valence-corrected chi connectivity index (χ4v) is 3.52. The molecule has 1 aromatic carbocycles.